The predicted octanol–water partition coefficient (Wildman–Crippen LogP) is 6.26. The summed E-state index contributed by atoms with van der Waals surface area (Å²) in [6.07, 6.45) is -2.65. The summed E-state index contributed by atoms with van der Waals surface area (Å²) < 4.78 is 31.3. The van der Waals surface area contributed by atoms with E-state index in [1.165, 1.54) is 37.4 Å². The van der Waals surface area contributed by atoms with Crippen molar-refractivity contribution in [3.05, 3.63) is 51.0 Å². The maximum Gasteiger partial charge on any atom is 0.264 e. The normalized spacial score (nSPS) is 10.9. The van der Waals surface area contributed by atoms with Crippen molar-refractivity contribution < 1.29 is 13.5 Å². The molecule has 2 rings (SSSR count). The van der Waals surface area contributed by atoms with Crippen LogP contribution in [0.4, 0.5) is 8.78 Å². The van der Waals surface area contributed by atoms with E-state index in [9.17, 15) is 8.78 Å². The fourth-order valence-electron chi connectivity index (χ4n) is 1.87. The highest BCUT2D eigenvalue weighted by molar-refractivity contribution is 6.41. The average molecular weight is 338 g/mol. The van der Waals surface area contributed by atoms with Crippen LogP contribution in [0.1, 0.15) is 12.0 Å². The van der Waals surface area contributed by atoms with Crippen LogP contribution in [0.15, 0.2) is 30.3 Å². The molecule has 2 aromatic carbocycles. The molecule has 106 valence electrons. The number of benzene rings is 2. The fourth-order valence-corrected chi connectivity index (χ4v) is 2.89. The van der Waals surface area contributed by atoms with Crippen LogP contribution >= 0.6 is 34.8 Å². The van der Waals surface area contributed by atoms with Crippen LogP contribution in [0, 0.1) is 0 Å². The highest BCUT2D eigenvalue weighted by Crippen LogP contribution is 2.42. The molecule has 20 heavy (non-hydrogen) atoms. The van der Waals surface area contributed by atoms with Gasteiger partial charge in [-0.2, -0.15) is 0 Å². The van der Waals surface area contributed by atoms with E-state index in [1.54, 1.807) is 0 Å². The molecular formula is C14H9Cl3F2O. The van der Waals surface area contributed by atoms with Gasteiger partial charge >= 0.3 is 0 Å². The van der Waals surface area contributed by atoms with Crippen LogP contribution in [-0.2, 0) is 0 Å². The van der Waals surface area contributed by atoms with Crippen molar-refractivity contribution in [1.82, 2.24) is 0 Å². The van der Waals surface area contributed by atoms with Crippen molar-refractivity contribution in [2.75, 3.05) is 7.11 Å². The van der Waals surface area contributed by atoms with Crippen LogP contribution in [0.5, 0.6) is 5.75 Å². The third-order valence-electron chi connectivity index (χ3n) is 2.77. The zero-order valence-electron chi connectivity index (χ0n) is 10.3. The Hall–Kier alpha value is -1.03. The van der Waals surface area contributed by atoms with Gasteiger partial charge in [0, 0.05) is 16.1 Å². The molecule has 0 aliphatic rings. The van der Waals surface area contributed by atoms with Crippen LogP contribution in [0.2, 0.25) is 15.1 Å². The van der Waals surface area contributed by atoms with Crippen molar-refractivity contribution in [3.63, 3.8) is 0 Å². The Balaban J connectivity index is 2.73. The third kappa shape index (κ3) is 3.00. The van der Waals surface area contributed by atoms with Crippen molar-refractivity contribution in [1.29, 1.82) is 0 Å². The highest BCUT2D eigenvalue weighted by Gasteiger charge is 2.19. The standard InChI is InChI=1S/C14H9Cl3F2O/c1-20-8-2-3-9(14(18)19)10(6-8)13-11(16)4-7(15)5-12(13)17/h2-6,14H,1H3. The lowest BCUT2D eigenvalue weighted by Crippen LogP contribution is -1.94. The highest BCUT2D eigenvalue weighted by atomic mass is 35.5. The summed E-state index contributed by atoms with van der Waals surface area (Å²) in [5.41, 5.74) is 0.370. The molecule has 0 aromatic heterocycles. The molecule has 0 aliphatic carbocycles. The summed E-state index contributed by atoms with van der Waals surface area (Å²) in [5.74, 6) is 0.437. The Morgan fingerprint density at radius 2 is 1.60 bits per heavy atom. The second-order valence-corrected chi connectivity index (χ2v) is 5.25. The van der Waals surface area contributed by atoms with Gasteiger partial charge in [0.1, 0.15) is 5.75 Å². The first-order valence-electron chi connectivity index (χ1n) is 5.55. The van der Waals surface area contributed by atoms with E-state index in [0.29, 0.717) is 16.3 Å². The van der Waals surface area contributed by atoms with E-state index >= 15 is 0 Å². The van der Waals surface area contributed by atoms with Gasteiger partial charge in [-0.05, 0) is 35.9 Å². The Bertz CT molecular complexity index is 621. The van der Waals surface area contributed by atoms with E-state index in [0.717, 1.165) is 0 Å². The van der Waals surface area contributed by atoms with Gasteiger partial charge in [0.25, 0.3) is 6.43 Å². The Morgan fingerprint density at radius 1 is 1.00 bits per heavy atom. The molecule has 0 unspecified atom stereocenters. The number of hydrogen-bond acceptors (Lipinski definition) is 1. The zero-order valence-corrected chi connectivity index (χ0v) is 12.5. The number of methoxy groups -OCH3 is 1. The molecule has 0 radical (unpaired) electrons. The molecule has 0 spiro atoms. The Kier molecular flexibility index (Phi) is 4.74. The van der Waals surface area contributed by atoms with Crippen molar-refractivity contribution in [2.45, 2.75) is 6.43 Å². The molecule has 0 saturated heterocycles. The molecule has 2 aromatic rings. The molecule has 0 bridgehead atoms. The summed E-state index contributed by atoms with van der Waals surface area (Å²) in [7, 11) is 1.45. The summed E-state index contributed by atoms with van der Waals surface area (Å²) in [6.45, 7) is 0. The maximum atomic E-state index is 13.1. The quantitative estimate of drug-likeness (QED) is 0.642. The van der Waals surface area contributed by atoms with Crippen molar-refractivity contribution in [2.24, 2.45) is 0 Å². The molecule has 6 heteroatoms. The molecule has 0 fully saturated rings. The molecule has 0 saturated carbocycles. The second-order valence-electron chi connectivity index (χ2n) is 4.00. The van der Waals surface area contributed by atoms with E-state index in [4.69, 9.17) is 39.5 Å². The molecular weight excluding hydrogens is 329 g/mol. The van der Waals surface area contributed by atoms with Gasteiger partial charge in [-0.1, -0.05) is 34.8 Å². The minimum absolute atomic E-state index is 0.170. The molecule has 0 amide bonds. The summed E-state index contributed by atoms with van der Waals surface area (Å²) >= 11 is 18.0. The van der Waals surface area contributed by atoms with Crippen LogP contribution in [0.25, 0.3) is 11.1 Å². The SMILES string of the molecule is COc1ccc(C(F)F)c(-c2c(Cl)cc(Cl)cc2Cl)c1. The monoisotopic (exact) mass is 336 g/mol. The molecule has 1 nitrogen and oxygen atoms in total. The van der Waals surface area contributed by atoms with Gasteiger partial charge in [-0.3, -0.25) is 0 Å². The number of ether oxygens (including phenoxy) is 1. The molecule has 0 heterocycles. The van der Waals surface area contributed by atoms with Gasteiger partial charge < -0.3 is 4.74 Å². The summed E-state index contributed by atoms with van der Waals surface area (Å²) in [6, 6.07) is 7.14. The van der Waals surface area contributed by atoms with Crippen LogP contribution in [-0.4, -0.2) is 7.11 Å². The maximum absolute atomic E-state index is 13.1. The second kappa shape index (κ2) is 6.17. The first-order chi connectivity index (χ1) is 9.43. The van der Waals surface area contributed by atoms with Gasteiger partial charge in [0.15, 0.2) is 0 Å². The van der Waals surface area contributed by atoms with Crippen LogP contribution < -0.4 is 4.74 Å². The largest absolute Gasteiger partial charge is 0.497 e. The topological polar surface area (TPSA) is 9.23 Å². The smallest absolute Gasteiger partial charge is 0.264 e. The van der Waals surface area contributed by atoms with E-state index in [1.807, 2.05) is 0 Å². The van der Waals surface area contributed by atoms with Gasteiger partial charge in [-0.15, -0.1) is 0 Å². The van der Waals surface area contributed by atoms with Gasteiger partial charge in [0.2, 0.25) is 0 Å². The molecule has 0 atom stereocenters. The Labute approximate surface area is 130 Å². The summed E-state index contributed by atoms with van der Waals surface area (Å²) in [4.78, 5) is 0. The van der Waals surface area contributed by atoms with E-state index in [-0.39, 0.29) is 21.2 Å². The van der Waals surface area contributed by atoms with E-state index < -0.39 is 6.43 Å². The lowest BCUT2D eigenvalue weighted by molar-refractivity contribution is 0.152. The molecule has 0 N–H and O–H groups in total. The Morgan fingerprint density at radius 3 is 2.10 bits per heavy atom. The number of halogens is 5. The first kappa shape index (κ1) is 15.4. The fraction of sp³-hybridized carbons (Fsp3) is 0.143. The van der Waals surface area contributed by atoms with Crippen molar-refractivity contribution >= 4 is 34.8 Å². The number of hydrogen-bond donors (Lipinski definition) is 0. The zero-order chi connectivity index (χ0) is 14.9. The van der Waals surface area contributed by atoms with Crippen molar-refractivity contribution in [3.8, 4) is 16.9 Å². The lowest BCUT2D eigenvalue weighted by atomic mass is 9.99. The predicted molar refractivity (Wildman–Crippen MR) is 78.4 cm³/mol. The van der Waals surface area contributed by atoms with Crippen LogP contribution in [0.3, 0.4) is 0 Å². The minimum atomic E-state index is -2.65. The molecule has 0 aliphatic heterocycles. The van der Waals surface area contributed by atoms with Gasteiger partial charge in [0.05, 0.1) is 17.2 Å². The first-order valence-corrected chi connectivity index (χ1v) is 6.68. The number of rotatable bonds is 3. The lowest BCUT2D eigenvalue weighted by Gasteiger charge is -2.14. The average Bonchev–Trinajstić information content (AvgIpc) is 2.37. The summed E-state index contributed by atoms with van der Waals surface area (Å²) in [5, 5.41) is 0.751. The third-order valence-corrected chi connectivity index (χ3v) is 3.59. The van der Waals surface area contributed by atoms with E-state index in [2.05, 4.69) is 0 Å². The van der Waals surface area contributed by atoms with Gasteiger partial charge in [-0.25, -0.2) is 8.78 Å². The number of alkyl halides is 2. The minimum Gasteiger partial charge on any atom is -0.497 e.